The number of hydrogen-bond acceptors (Lipinski definition) is 5. The van der Waals surface area contributed by atoms with Crippen LogP contribution < -0.4 is 0 Å². The van der Waals surface area contributed by atoms with E-state index in [4.69, 9.17) is 4.74 Å². The standard InChI is InChI=1S/C19H28F3N3O3S/c1-29(26,27)25(9-8-23-10-12-28-13-11-23)17-6-7-24(15-17)14-16-4-2-3-5-18(16)19(20,21)22/h2-5,17H,6-15H2,1H3. The SMILES string of the molecule is CS(=O)(=O)N(CCN1CCOCC1)C1CCN(Cc2ccccc2C(F)(F)F)C1. The third-order valence-corrected chi connectivity index (χ3v) is 6.87. The molecule has 3 rings (SSSR count). The molecule has 1 atom stereocenters. The molecule has 2 aliphatic rings. The molecule has 2 saturated heterocycles. The molecule has 0 aromatic heterocycles. The number of likely N-dealkylation sites (tertiary alicyclic amines) is 1. The lowest BCUT2D eigenvalue weighted by molar-refractivity contribution is -0.138. The summed E-state index contributed by atoms with van der Waals surface area (Å²) in [5, 5.41) is 0. The average molecular weight is 436 g/mol. The quantitative estimate of drug-likeness (QED) is 0.655. The van der Waals surface area contributed by atoms with E-state index in [1.807, 2.05) is 4.90 Å². The van der Waals surface area contributed by atoms with E-state index < -0.39 is 21.8 Å². The second kappa shape index (κ2) is 9.30. The van der Waals surface area contributed by atoms with Gasteiger partial charge >= 0.3 is 6.18 Å². The summed E-state index contributed by atoms with van der Waals surface area (Å²) in [7, 11) is -3.41. The Labute approximate surface area is 170 Å². The highest BCUT2D eigenvalue weighted by Crippen LogP contribution is 2.33. The van der Waals surface area contributed by atoms with Crippen LogP contribution in [0.2, 0.25) is 0 Å². The van der Waals surface area contributed by atoms with Crippen molar-refractivity contribution in [2.45, 2.75) is 25.2 Å². The van der Waals surface area contributed by atoms with Gasteiger partial charge in [0.05, 0.1) is 25.0 Å². The third-order valence-electron chi connectivity index (χ3n) is 5.54. The summed E-state index contributed by atoms with van der Waals surface area (Å²) in [5.41, 5.74) is -0.407. The zero-order valence-electron chi connectivity index (χ0n) is 16.6. The van der Waals surface area contributed by atoms with Gasteiger partial charge in [-0.3, -0.25) is 9.80 Å². The molecule has 1 unspecified atom stereocenters. The maximum absolute atomic E-state index is 13.2. The summed E-state index contributed by atoms with van der Waals surface area (Å²) in [6, 6.07) is 5.35. The summed E-state index contributed by atoms with van der Waals surface area (Å²) < 4.78 is 71.3. The van der Waals surface area contributed by atoms with Crippen LogP contribution in [0.5, 0.6) is 0 Å². The lowest BCUT2D eigenvalue weighted by Gasteiger charge is -2.31. The summed E-state index contributed by atoms with van der Waals surface area (Å²) in [5.74, 6) is 0. The Morgan fingerprint density at radius 2 is 1.83 bits per heavy atom. The van der Waals surface area contributed by atoms with E-state index in [9.17, 15) is 21.6 Å². The molecule has 0 bridgehead atoms. The van der Waals surface area contributed by atoms with E-state index in [2.05, 4.69) is 4.90 Å². The number of nitrogens with zero attached hydrogens (tertiary/aromatic N) is 3. The maximum Gasteiger partial charge on any atom is 0.416 e. The number of hydrogen-bond donors (Lipinski definition) is 0. The second-order valence-corrected chi connectivity index (χ2v) is 9.60. The van der Waals surface area contributed by atoms with Gasteiger partial charge in [0.2, 0.25) is 10.0 Å². The number of morpholine rings is 1. The fraction of sp³-hybridized carbons (Fsp3) is 0.684. The predicted octanol–water partition coefficient (Wildman–Crippen LogP) is 1.87. The van der Waals surface area contributed by atoms with Crippen LogP contribution in [0, 0.1) is 0 Å². The normalized spacial score (nSPS) is 22.4. The van der Waals surface area contributed by atoms with Crippen molar-refractivity contribution >= 4 is 10.0 Å². The molecule has 164 valence electrons. The largest absolute Gasteiger partial charge is 0.416 e. The van der Waals surface area contributed by atoms with Crippen LogP contribution in [0.3, 0.4) is 0 Å². The zero-order chi connectivity index (χ0) is 21.1. The van der Waals surface area contributed by atoms with Gasteiger partial charge < -0.3 is 4.74 Å². The van der Waals surface area contributed by atoms with Crippen LogP contribution in [0.15, 0.2) is 24.3 Å². The Morgan fingerprint density at radius 3 is 2.48 bits per heavy atom. The lowest BCUT2D eigenvalue weighted by Crippen LogP contribution is -2.47. The van der Waals surface area contributed by atoms with Gasteiger partial charge in [0.1, 0.15) is 0 Å². The van der Waals surface area contributed by atoms with E-state index in [-0.39, 0.29) is 18.2 Å². The molecule has 0 radical (unpaired) electrons. The first-order chi connectivity index (χ1) is 13.6. The Morgan fingerprint density at radius 1 is 1.14 bits per heavy atom. The van der Waals surface area contributed by atoms with Crippen molar-refractivity contribution in [3.8, 4) is 0 Å². The van der Waals surface area contributed by atoms with Crippen molar-refractivity contribution in [1.82, 2.24) is 14.1 Å². The lowest BCUT2D eigenvalue weighted by atomic mass is 10.1. The van der Waals surface area contributed by atoms with Crippen LogP contribution in [0.25, 0.3) is 0 Å². The topological polar surface area (TPSA) is 53.1 Å². The number of sulfonamides is 1. The van der Waals surface area contributed by atoms with Crippen molar-refractivity contribution in [1.29, 1.82) is 0 Å². The first-order valence-electron chi connectivity index (χ1n) is 9.79. The van der Waals surface area contributed by atoms with Gasteiger partial charge in [0.25, 0.3) is 0 Å². The molecule has 2 aliphatic heterocycles. The highest BCUT2D eigenvalue weighted by Gasteiger charge is 2.36. The Hall–Kier alpha value is -1.20. The molecular formula is C19H28F3N3O3S. The first-order valence-corrected chi connectivity index (χ1v) is 11.6. The summed E-state index contributed by atoms with van der Waals surface area (Å²) in [6.45, 7) is 5.03. The van der Waals surface area contributed by atoms with E-state index in [1.54, 1.807) is 6.07 Å². The zero-order valence-corrected chi connectivity index (χ0v) is 17.4. The van der Waals surface area contributed by atoms with Crippen molar-refractivity contribution < 1.29 is 26.3 Å². The number of halogens is 3. The molecule has 29 heavy (non-hydrogen) atoms. The molecule has 2 heterocycles. The molecule has 0 aliphatic carbocycles. The van der Waals surface area contributed by atoms with Gasteiger partial charge in [-0.1, -0.05) is 18.2 Å². The van der Waals surface area contributed by atoms with E-state index >= 15 is 0 Å². The molecule has 1 aromatic rings. The van der Waals surface area contributed by atoms with Crippen LogP contribution >= 0.6 is 0 Å². The molecule has 0 N–H and O–H groups in total. The van der Waals surface area contributed by atoms with Gasteiger partial charge in [0, 0.05) is 51.9 Å². The molecule has 0 saturated carbocycles. The molecular weight excluding hydrogens is 407 g/mol. The third kappa shape index (κ3) is 6.14. The van der Waals surface area contributed by atoms with Gasteiger partial charge in [0.15, 0.2) is 0 Å². The fourth-order valence-electron chi connectivity index (χ4n) is 4.05. The van der Waals surface area contributed by atoms with Crippen molar-refractivity contribution in [2.75, 3.05) is 58.7 Å². The Kier molecular flexibility index (Phi) is 7.21. The highest BCUT2D eigenvalue weighted by molar-refractivity contribution is 7.88. The van der Waals surface area contributed by atoms with Gasteiger partial charge in [-0.05, 0) is 18.1 Å². The number of ether oxygens (including phenoxy) is 1. The van der Waals surface area contributed by atoms with Gasteiger partial charge in [-0.2, -0.15) is 17.5 Å². The average Bonchev–Trinajstić information content (AvgIpc) is 3.09. The monoisotopic (exact) mass is 435 g/mol. The molecule has 6 nitrogen and oxygen atoms in total. The minimum Gasteiger partial charge on any atom is -0.379 e. The highest BCUT2D eigenvalue weighted by atomic mass is 32.2. The van der Waals surface area contributed by atoms with E-state index in [1.165, 1.54) is 22.7 Å². The van der Waals surface area contributed by atoms with E-state index in [0.29, 0.717) is 45.8 Å². The summed E-state index contributed by atoms with van der Waals surface area (Å²) in [4.78, 5) is 4.08. The molecule has 2 fully saturated rings. The summed E-state index contributed by atoms with van der Waals surface area (Å²) >= 11 is 0. The number of rotatable bonds is 7. The second-order valence-electron chi connectivity index (χ2n) is 7.66. The van der Waals surface area contributed by atoms with Crippen molar-refractivity contribution in [3.05, 3.63) is 35.4 Å². The smallest absolute Gasteiger partial charge is 0.379 e. The van der Waals surface area contributed by atoms with Crippen molar-refractivity contribution in [2.24, 2.45) is 0 Å². The van der Waals surface area contributed by atoms with Crippen molar-refractivity contribution in [3.63, 3.8) is 0 Å². The minimum absolute atomic E-state index is 0.160. The Bertz CT molecular complexity index is 782. The predicted molar refractivity (Wildman–Crippen MR) is 104 cm³/mol. The minimum atomic E-state index is -4.40. The van der Waals surface area contributed by atoms with E-state index in [0.717, 1.165) is 19.2 Å². The number of alkyl halides is 3. The molecule has 10 heteroatoms. The Balaban J connectivity index is 1.63. The van der Waals surface area contributed by atoms with Crippen LogP contribution in [0.1, 0.15) is 17.5 Å². The molecule has 0 amide bonds. The van der Waals surface area contributed by atoms with Gasteiger partial charge in [-0.25, -0.2) is 8.42 Å². The van der Waals surface area contributed by atoms with Crippen LogP contribution in [-0.4, -0.2) is 87.3 Å². The fourth-order valence-corrected chi connectivity index (χ4v) is 5.18. The van der Waals surface area contributed by atoms with Crippen LogP contribution in [-0.2, 0) is 27.5 Å². The maximum atomic E-state index is 13.2. The first kappa shape index (κ1) is 22.5. The number of benzene rings is 1. The summed E-state index contributed by atoms with van der Waals surface area (Å²) in [6.07, 6.45) is -2.58. The van der Waals surface area contributed by atoms with Crippen LogP contribution in [0.4, 0.5) is 13.2 Å². The van der Waals surface area contributed by atoms with Gasteiger partial charge in [-0.15, -0.1) is 0 Å². The molecule has 0 spiro atoms. The molecule has 1 aromatic carbocycles.